The van der Waals surface area contributed by atoms with Crippen molar-refractivity contribution in [1.29, 1.82) is 0 Å². The first-order valence-electron chi connectivity index (χ1n) is 4.54. The van der Waals surface area contributed by atoms with Crippen LogP contribution in [0, 0.1) is 0 Å². The van der Waals surface area contributed by atoms with Crippen LogP contribution in [0.1, 0.15) is 0 Å². The second-order valence-electron chi connectivity index (χ2n) is 2.88. The Morgan fingerprint density at radius 1 is 1.44 bits per heavy atom. The van der Waals surface area contributed by atoms with E-state index in [9.17, 15) is 4.79 Å². The molecule has 0 bridgehead atoms. The van der Waals surface area contributed by atoms with Gasteiger partial charge >= 0.3 is 0 Å². The Morgan fingerprint density at radius 2 is 2.19 bits per heavy atom. The molecule has 1 aromatic carbocycles. The lowest BCUT2D eigenvalue weighted by molar-refractivity contribution is -0.118. The Hall–Kier alpha value is -0.450. The van der Waals surface area contributed by atoms with Crippen LogP contribution in [-0.2, 0) is 4.79 Å². The van der Waals surface area contributed by atoms with Crippen molar-refractivity contribution in [3.05, 3.63) is 28.2 Å². The molecule has 0 unspecified atom stereocenters. The van der Waals surface area contributed by atoms with Crippen LogP contribution in [0.15, 0.2) is 18.2 Å². The molecular formula is C10H10BrCl2NO2. The maximum atomic E-state index is 10.9. The maximum Gasteiger partial charge on any atom is 0.230 e. The molecule has 1 N–H and O–H groups in total. The number of benzene rings is 1. The molecule has 0 radical (unpaired) electrons. The lowest BCUT2D eigenvalue weighted by atomic mass is 10.3. The lowest BCUT2D eigenvalue weighted by Gasteiger charge is -2.09. The van der Waals surface area contributed by atoms with Crippen LogP contribution in [-0.4, -0.2) is 24.4 Å². The second kappa shape index (κ2) is 6.99. The van der Waals surface area contributed by atoms with E-state index in [-0.39, 0.29) is 11.2 Å². The highest BCUT2D eigenvalue weighted by molar-refractivity contribution is 9.09. The number of hydrogen-bond donors (Lipinski definition) is 1. The molecule has 0 atom stereocenters. The highest BCUT2D eigenvalue weighted by Gasteiger charge is 2.05. The minimum Gasteiger partial charge on any atom is -0.490 e. The molecule has 0 aromatic heterocycles. The van der Waals surface area contributed by atoms with Crippen LogP contribution in [0.2, 0.25) is 10.0 Å². The summed E-state index contributed by atoms with van der Waals surface area (Å²) < 4.78 is 5.37. The first-order chi connectivity index (χ1) is 7.65. The molecule has 6 heteroatoms. The smallest absolute Gasteiger partial charge is 0.230 e. The molecule has 16 heavy (non-hydrogen) atoms. The van der Waals surface area contributed by atoms with Crippen molar-refractivity contribution in [3.63, 3.8) is 0 Å². The summed E-state index contributed by atoms with van der Waals surface area (Å²) in [5, 5.41) is 3.77. The van der Waals surface area contributed by atoms with E-state index in [0.29, 0.717) is 28.9 Å². The third-order valence-corrected chi connectivity index (χ3v) is 3.03. The Morgan fingerprint density at radius 3 is 2.88 bits per heavy atom. The minimum absolute atomic E-state index is 0.0826. The van der Waals surface area contributed by atoms with Crippen LogP contribution in [0.3, 0.4) is 0 Å². The average Bonchev–Trinajstić information content (AvgIpc) is 2.29. The summed E-state index contributed by atoms with van der Waals surface area (Å²) in [6.07, 6.45) is 0. The third-order valence-electron chi connectivity index (χ3n) is 1.72. The van der Waals surface area contributed by atoms with Crippen molar-refractivity contribution in [2.24, 2.45) is 0 Å². The summed E-state index contributed by atoms with van der Waals surface area (Å²) in [4.78, 5) is 10.9. The zero-order valence-electron chi connectivity index (χ0n) is 8.30. The number of ether oxygens (including phenoxy) is 1. The van der Waals surface area contributed by atoms with E-state index < -0.39 is 0 Å². The zero-order valence-corrected chi connectivity index (χ0v) is 11.4. The zero-order chi connectivity index (χ0) is 12.0. The van der Waals surface area contributed by atoms with Gasteiger partial charge in [-0.25, -0.2) is 0 Å². The largest absolute Gasteiger partial charge is 0.490 e. The summed E-state index contributed by atoms with van der Waals surface area (Å²) >= 11 is 14.8. The number of amides is 1. The van der Waals surface area contributed by atoms with Gasteiger partial charge in [0.25, 0.3) is 0 Å². The predicted octanol–water partition coefficient (Wildman–Crippen LogP) is 2.88. The van der Waals surface area contributed by atoms with Crippen LogP contribution in [0.4, 0.5) is 0 Å². The molecule has 3 nitrogen and oxygen atoms in total. The number of rotatable bonds is 5. The molecule has 0 spiro atoms. The van der Waals surface area contributed by atoms with E-state index in [2.05, 4.69) is 21.2 Å². The number of hydrogen-bond acceptors (Lipinski definition) is 2. The number of carbonyl (C=O) groups excluding carboxylic acids is 1. The quantitative estimate of drug-likeness (QED) is 0.667. The van der Waals surface area contributed by atoms with E-state index >= 15 is 0 Å². The Labute approximate surface area is 112 Å². The fraction of sp³-hybridized carbons (Fsp3) is 0.300. The standard InChI is InChI=1S/C10H10BrCl2NO2/c11-6-9(15)14-4-5-16-8-3-1-2-7(12)10(8)13/h1-3H,4-6H2,(H,14,15). The van der Waals surface area contributed by atoms with E-state index in [1.54, 1.807) is 18.2 Å². The summed E-state index contributed by atoms with van der Waals surface area (Å²) in [6.45, 7) is 0.770. The first kappa shape index (κ1) is 13.6. The molecular weight excluding hydrogens is 317 g/mol. The molecule has 88 valence electrons. The highest BCUT2D eigenvalue weighted by Crippen LogP contribution is 2.31. The lowest BCUT2D eigenvalue weighted by Crippen LogP contribution is -2.28. The molecule has 0 fully saturated rings. The van der Waals surface area contributed by atoms with Gasteiger partial charge in [0.15, 0.2) is 0 Å². The number of nitrogens with one attached hydrogen (secondary N) is 1. The van der Waals surface area contributed by atoms with Gasteiger partial charge in [-0.3, -0.25) is 4.79 Å². The van der Waals surface area contributed by atoms with Crippen LogP contribution in [0.5, 0.6) is 5.75 Å². The van der Waals surface area contributed by atoms with Gasteiger partial charge in [0, 0.05) is 0 Å². The number of carbonyl (C=O) groups is 1. The number of alkyl halides is 1. The van der Waals surface area contributed by atoms with Gasteiger partial charge in [-0.1, -0.05) is 45.2 Å². The number of halogens is 3. The minimum atomic E-state index is -0.0826. The summed E-state index contributed by atoms with van der Waals surface area (Å²) in [5.41, 5.74) is 0. The molecule has 1 rings (SSSR count). The first-order valence-corrected chi connectivity index (χ1v) is 6.42. The normalized spacial score (nSPS) is 9.94. The van der Waals surface area contributed by atoms with E-state index in [1.165, 1.54) is 0 Å². The van der Waals surface area contributed by atoms with Gasteiger partial charge in [-0.05, 0) is 12.1 Å². The molecule has 1 amide bonds. The molecule has 0 aliphatic heterocycles. The molecule has 0 saturated carbocycles. The van der Waals surface area contributed by atoms with E-state index in [0.717, 1.165) is 0 Å². The van der Waals surface area contributed by atoms with Gasteiger partial charge in [0.1, 0.15) is 17.4 Å². The topological polar surface area (TPSA) is 38.3 Å². The summed E-state index contributed by atoms with van der Waals surface area (Å²) in [7, 11) is 0. The molecule has 1 aromatic rings. The van der Waals surface area contributed by atoms with Crippen molar-refractivity contribution < 1.29 is 9.53 Å². The SMILES string of the molecule is O=C(CBr)NCCOc1cccc(Cl)c1Cl. The molecule has 0 aliphatic carbocycles. The monoisotopic (exact) mass is 325 g/mol. The Bertz CT molecular complexity index is 374. The third kappa shape index (κ3) is 4.20. The van der Waals surface area contributed by atoms with E-state index in [4.69, 9.17) is 27.9 Å². The Kier molecular flexibility index (Phi) is 5.95. The highest BCUT2D eigenvalue weighted by atomic mass is 79.9. The van der Waals surface area contributed by atoms with Crippen LogP contribution in [0.25, 0.3) is 0 Å². The van der Waals surface area contributed by atoms with E-state index in [1.807, 2.05) is 0 Å². The van der Waals surface area contributed by atoms with Crippen LogP contribution >= 0.6 is 39.1 Å². The van der Waals surface area contributed by atoms with Gasteiger partial charge in [-0.2, -0.15) is 0 Å². The molecule has 0 aliphatic rings. The van der Waals surface area contributed by atoms with Crippen molar-refractivity contribution in [2.75, 3.05) is 18.5 Å². The van der Waals surface area contributed by atoms with Crippen LogP contribution < -0.4 is 10.1 Å². The van der Waals surface area contributed by atoms with Crippen molar-refractivity contribution >= 4 is 45.0 Å². The fourth-order valence-corrected chi connectivity index (χ4v) is 1.54. The maximum absolute atomic E-state index is 10.9. The summed E-state index contributed by atoms with van der Waals surface area (Å²) in [5.74, 6) is 0.433. The van der Waals surface area contributed by atoms with Crippen molar-refractivity contribution in [1.82, 2.24) is 5.32 Å². The molecule has 0 saturated heterocycles. The fourth-order valence-electron chi connectivity index (χ4n) is 0.994. The average molecular weight is 327 g/mol. The van der Waals surface area contributed by atoms with Gasteiger partial charge in [0.05, 0.1) is 16.9 Å². The van der Waals surface area contributed by atoms with Gasteiger partial charge in [0.2, 0.25) is 5.91 Å². The van der Waals surface area contributed by atoms with Crippen molar-refractivity contribution in [3.8, 4) is 5.75 Å². The Balaban J connectivity index is 2.38. The van der Waals surface area contributed by atoms with Crippen molar-refractivity contribution in [2.45, 2.75) is 0 Å². The second-order valence-corrected chi connectivity index (χ2v) is 4.23. The molecule has 0 heterocycles. The van der Waals surface area contributed by atoms with Gasteiger partial charge < -0.3 is 10.1 Å². The van der Waals surface area contributed by atoms with Gasteiger partial charge in [-0.15, -0.1) is 0 Å². The summed E-state index contributed by atoms with van der Waals surface area (Å²) in [6, 6.07) is 5.16. The predicted molar refractivity (Wildman–Crippen MR) is 68.8 cm³/mol.